The Bertz CT molecular complexity index is 2600. The van der Waals surface area contributed by atoms with Crippen molar-refractivity contribution in [3.63, 3.8) is 0 Å². The Kier molecular flexibility index (Phi) is 12.7. The quantitative estimate of drug-likeness (QED) is 0.112. The summed E-state index contributed by atoms with van der Waals surface area (Å²) in [6.07, 6.45) is 9.79. The van der Waals surface area contributed by atoms with Crippen molar-refractivity contribution in [1.29, 1.82) is 0 Å². The molecule has 295 valence electrons. The molecule has 1 atom stereocenters. The minimum Gasteiger partial charge on any atom is -0.351 e. The molecule has 1 aliphatic rings. The van der Waals surface area contributed by atoms with Gasteiger partial charge in [0, 0.05) is 43.7 Å². The summed E-state index contributed by atoms with van der Waals surface area (Å²) in [4.78, 5) is 9.66. The summed E-state index contributed by atoms with van der Waals surface area (Å²) in [7, 11) is -1.39. The first kappa shape index (κ1) is 41.2. The molecule has 3 aromatic heterocycles. The van der Waals surface area contributed by atoms with Crippen molar-refractivity contribution in [3.05, 3.63) is 169 Å². The van der Waals surface area contributed by atoms with Crippen molar-refractivity contribution in [2.24, 2.45) is 5.92 Å². The zero-order chi connectivity index (χ0) is 39.5. The van der Waals surface area contributed by atoms with Crippen molar-refractivity contribution in [1.82, 2.24) is 14.5 Å². The standard InChI is InChI=1S/C32H25N2.C21H28NSi.Ir/c1-22(2)29-21-33-30(20-27(29)23-11-5-3-6-12-23)24-17-18-32-28(19-24)26-15-9-10-16-31(26)34(32)25-13-7-4-8-14-25;1-16(17-10-8-9-11-17)19-14-20(18-12-6-5-7-13-18)22-15-21(19)23(2,3)4;/h3-16,18-22H,1-2H3;5-7,12,14-17H,8-11H2,1-4H3;/q2*-1;. The van der Waals surface area contributed by atoms with Crippen LogP contribution in [0, 0.1) is 18.1 Å². The topological polar surface area (TPSA) is 30.7 Å². The van der Waals surface area contributed by atoms with E-state index in [0.29, 0.717) is 11.8 Å². The van der Waals surface area contributed by atoms with Gasteiger partial charge < -0.3 is 14.5 Å². The number of benzene rings is 5. The van der Waals surface area contributed by atoms with Gasteiger partial charge in [-0.15, -0.1) is 59.7 Å². The molecule has 1 fully saturated rings. The number of para-hydroxylation sites is 2. The van der Waals surface area contributed by atoms with E-state index in [1.165, 1.54) is 63.8 Å². The second-order valence-corrected chi connectivity index (χ2v) is 22.1. The van der Waals surface area contributed by atoms with Gasteiger partial charge in [-0.05, 0) is 93.0 Å². The fraction of sp³-hybridized carbons (Fsp3) is 0.245. The van der Waals surface area contributed by atoms with Gasteiger partial charge in [0.25, 0.3) is 0 Å². The van der Waals surface area contributed by atoms with E-state index in [2.05, 4.69) is 185 Å². The molecule has 1 aliphatic carbocycles. The fourth-order valence-electron chi connectivity index (χ4n) is 8.74. The van der Waals surface area contributed by atoms with Crippen LogP contribution in [0.25, 0.3) is 61.1 Å². The van der Waals surface area contributed by atoms with E-state index in [9.17, 15) is 0 Å². The molecule has 1 unspecified atom stereocenters. The first-order valence-corrected chi connectivity index (χ1v) is 24.2. The van der Waals surface area contributed by atoms with Crippen LogP contribution in [0.2, 0.25) is 19.6 Å². The number of fused-ring (bicyclic) bond motifs is 3. The summed E-state index contributed by atoms with van der Waals surface area (Å²) < 4.78 is 2.32. The number of rotatable bonds is 8. The minimum atomic E-state index is -1.39. The van der Waals surface area contributed by atoms with Crippen molar-refractivity contribution < 1.29 is 20.1 Å². The van der Waals surface area contributed by atoms with Crippen LogP contribution >= 0.6 is 0 Å². The Morgan fingerprint density at radius 1 is 0.638 bits per heavy atom. The van der Waals surface area contributed by atoms with Crippen molar-refractivity contribution in [2.45, 2.75) is 77.9 Å². The first-order valence-electron chi connectivity index (χ1n) is 20.7. The molecule has 58 heavy (non-hydrogen) atoms. The first-order chi connectivity index (χ1) is 27.7. The third kappa shape index (κ3) is 8.59. The molecule has 0 bridgehead atoms. The molecule has 9 rings (SSSR count). The Hall–Kier alpha value is -4.93. The number of nitrogens with zero attached hydrogens (tertiary/aromatic N) is 3. The molecule has 0 N–H and O–H groups in total. The summed E-state index contributed by atoms with van der Waals surface area (Å²) in [5.41, 5.74) is 12.9. The van der Waals surface area contributed by atoms with E-state index in [-0.39, 0.29) is 20.1 Å². The van der Waals surface area contributed by atoms with E-state index < -0.39 is 8.07 Å². The van der Waals surface area contributed by atoms with E-state index in [0.717, 1.165) is 39.6 Å². The molecular formula is C53H53IrN3Si-2. The largest absolute Gasteiger partial charge is 0.351 e. The molecule has 5 aromatic carbocycles. The molecule has 1 saturated carbocycles. The molecule has 5 heteroatoms. The summed E-state index contributed by atoms with van der Waals surface area (Å²) >= 11 is 0. The SMILES string of the molecule is CC(C)c1cnc(-c2[c-]cc3c(c2)c2ccccc2n3-c2ccccc2)cc1-c1ccccc1.CC(c1cc(-c2[c-]cccc2)ncc1[Si](C)(C)C)C1CCCC1.[Ir]. The van der Waals surface area contributed by atoms with Gasteiger partial charge in [0.05, 0.1) is 8.07 Å². The second-order valence-electron chi connectivity index (χ2n) is 17.0. The number of aromatic nitrogens is 3. The average molecular weight is 952 g/mol. The maximum Gasteiger partial charge on any atom is 0.0799 e. The molecule has 1 radical (unpaired) electrons. The second kappa shape index (κ2) is 17.9. The molecule has 0 aliphatic heterocycles. The smallest absolute Gasteiger partial charge is 0.0799 e. The van der Waals surface area contributed by atoms with Gasteiger partial charge in [0.15, 0.2) is 0 Å². The van der Waals surface area contributed by atoms with Gasteiger partial charge in [0.2, 0.25) is 0 Å². The van der Waals surface area contributed by atoms with Gasteiger partial charge in [-0.1, -0.05) is 143 Å². The van der Waals surface area contributed by atoms with Gasteiger partial charge in [-0.25, -0.2) is 0 Å². The van der Waals surface area contributed by atoms with Crippen LogP contribution in [0.1, 0.15) is 69.4 Å². The van der Waals surface area contributed by atoms with Crippen LogP contribution in [0.15, 0.2) is 146 Å². The van der Waals surface area contributed by atoms with Crippen LogP contribution in [0.3, 0.4) is 0 Å². The molecule has 8 aromatic rings. The molecule has 3 nitrogen and oxygen atoms in total. The van der Waals surface area contributed by atoms with Gasteiger partial charge >= 0.3 is 0 Å². The van der Waals surface area contributed by atoms with E-state index in [1.54, 1.807) is 5.56 Å². The van der Waals surface area contributed by atoms with Crippen LogP contribution in [-0.2, 0) is 20.1 Å². The maximum atomic E-state index is 4.87. The predicted octanol–water partition coefficient (Wildman–Crippen LogP) is 13.8. The van der Waals surface area contributed by atoms with E-state index in [4.69, 9.17) is 9.97 Å². The van der Waals surface area contributed by atoms with Gasteiger partial charge in [0.1, 0.15) is 0 Å². The summed E-state index contributed by atoms with van der Waals surface area (Å²) in [5.74, 6) is 1.89. The van der Waals surface area contributed by atoms with Crippen molar-refractivity contribution in [2.75, 3.05) is 0 Å². The third-order valence-electron chi connectivity index (χ3n) is 11.9. The summed E-state index contributed by atoms with van der Waals surface area (Å²) in [6.45, 7) is 14.2. The maximum absolute atomic E-state index is 4.87. The molecule has 0 amide bonds. The summed E-state index contributed by atoms with van der Waals surface area (Å²) in [6, 6.07) is 53.7. The zero-order valence-electron chi connectivity index (χ0n) is 34.6. The molecular weight excluding hydrogens is 899 g/mol. The van der Waals surface area contributed by atoms with E-state index in [1.807, 2.05) is 18.3 Å². The molecule has 0 saturated heterocycles. The van der Waals surface area contributed by atoms with Crippen LogP contribution < -0.4 is 5.19 Å². The average Bonchev–Trinajstić information content (AvgIpc) is 3.91. The van der Waals surface area contributed by atoms with Gasteiger partial charge in [-0.2, -0.15) is 0 Å². The fourth-order valence-corrected chi connectivity index (χ4v) is 10.4. The Morgan fingerprint density at radius 3 is 1.98 bits per heavy atom. The van der Waals surface area contributed by atoms with Crippen LogP contribution in [-0.4, -0.2) is 22.6 Å². The van der Waals surface area contributed by atoms with Crippen LogP contribution in [0.5, 0.6) is 0 Å². The predicted molar refractivity (Wildman–Crippen MR) is 244 cm³/mol. The molecule has 3 heterocycles. The summed E-state index contributed by atoms with van der Waals surface area (Å²) in [5, 5.41) is 3.99. The third-order valence-corrected chi connectivity index (χ3v) is 13.9. The normalized spacial score (nSPS) is 13.6. The minimum absolute atomic E-state index is 0. The van der Waals surface area contributed by atoms with Gasteiger partial charge in [-0.3, -0.25) is 0 Å². The van der Waals surface area contributed by atoms with Crippen LogP contribution in [0.4, 0.5) is 0 Å². The van der Waals surface area contributed by atoms with Crippen molar-refractivity contribution >= 4 is 35.1 Å². The Morgan fingerprint density at radius 2 is 1.29 bits per heavy atom. The number of hydrogen-bond donors (Lipinski definition) is 0. The monoisotopic (exact) mass is 952 g/mol. The number of hydrogen-bond acceptors (Lipinski definition) is 2. The number of pyridine rings is 2. The molecule has 0 spiro atoms. The zero-order valence-corrected chi connectivity index (χ0v) is 38.0. The van der Waals surface area contributed by atoms with Crippen molar-refractivity contribution in [3.8, 4) is 39.3 Å². The Labute approximate surface area is 360 Å². The Balaban J connectivity index is 0.000000187. The van der Waals surface area contributed by atoms with E-state index >= 15 is 0 Å².